The third-order valence-electron chi connectivity index (χ3n) is 2.14. The Morgan fingerprint density at radius 3 is 2.36 bits per heavy atom. The molecule has 0 radical (unpaired) electrons. The molecule has 0 fully saturated rings. The smallest absolute Gasteiger partial charge is 0.320 e. The van der Waals surface area contributed by atoms with E-state index in [1.165, 1.54) is 0 Å². The minimum absolute atomic E-state index is 0.266. The predicted molar refractivity (Wildman–Crippen MR) is 58.4 cm³/mol. The first-order valence-electron chi connectivity index (χ1n) is 5.33. The summed E-state index contributed by atoms with van der Waals surface area (Å²) in [4.78, 5) is 10.8. The normalized spacial score (nSPS) is 14.0. The van der Waals surface area contributed by atoms with Crippen LogP contribution in [0.4, 0.5) is 0 Å². The zero-order chi connectivity index (χ0) is 11.2. The SMILES string of the molecule is CCCC(NCCC(C)(C)C)C(=O)O. The summed E-state index contributed by atoms with van der Waals surface area (Å²) in [6.07, 6.45) is 2.61. The van der Waals surface area contributed by atoms with Crippen molar-refractivity contribution in [1.29, 1.82) is 0 Å². The first-order valence-corrected chi connectivity index (χ1v) is 5.33. The number of hydrogen-bond acceptors (Lipinski definition) is 2. The van der Waals surface area contributed by atoms with Crippen LogP contribution < -0.4 is 5.32 Å². The van der Waals surface area contributed by atoms with Crippen LogP contribution in [0, 0.1) is 5.41 Å². The number of carboxylic acid groups (broad SMARTS) is 1. The Kier molecular flexibility index (Phi) is 5.77. The van der Waals surface area contributed by atoms with E-state index in [0.717, 1.165) is 19.4 Å². The molecule has 0 aliphatic rings. The van der Waals surface area contributed by atoms with E-state index in [4.69, 9.17) is 5.11 Å². The van der Waals surface area contributed by atoms with Crippen molar-refractivity contribution in [3.63, 3.8) is 0 Å². The molecular formula is C11H23NO2. The van der Waals surface area contributed by atoms with Crippen molar-refractivity contribution >= 4 is 5.97 Å². The summed E-state index contributed by atoms with van der Waals surface area (Å²) in [5, 5.41) is 11.9. The van der Waals surface area contributed by atoms with E-state index >= 15 is 0 Å². The number of rotatable bonds is 6. The Labute approximate surface area is 86.9 Å². The van der Waals surface area contributed by atoms with Gasteiger partial charge in [0.15, 0.2) is 0 Å². The molecule has 0 aromatic rings. The van der Waals surface area contributed by atoms with Gasteiger partial charge < -0.3 is 10.4 Å². The van der Waals surface area contributed by atoms with Crippen molar-refractivity contribution in [1.82, 2.24) is 5.32 Å². The summed E-state index contributed by atoms with van der Waals surface area (Å²) in [5.41, 5.74) is 0.266. The van der Waals surface area contributed by atoms with E-state index in [-0.39, 0.29) is 11.5 Å². The van der Waals surface area contributed by atoms with Crippen LogP contribution in [0.1, 0.15) is 47.0 Å². The average molecular weight is 201 g/mol. The second-order valence-corrected chi connectivity index (χ2v) is 4.94. The molecule has 0 aliphatic carbocycles. The molecule has 3 heteroatoms. The lowest BCUT2D eigenvalue weighted by molar-refractivity contribution is -0.139. The standard InChI is InChI=1S/C11H23NO2/c1-5-6-9(10(13)14)12-8-7-11(2,3)4/h9,12H,5-8H2,1-4H3,(H,13,14). The van der Waals surface area contributed by atoms with Gasteiger partial charge in [-0.1, -0.05) is 34.1 Å². The molecule has 0 bridgehead atoms. The number of carboxylic acids is 1. The average Bonchev–Trinajstić information content (AvgIpc) is 2.00. The lowest BCUT2D eigenvalue weighted by Crippen LogP contribution is -2.38. The summed E-state index contributed by atoms with van der Waals surface area (Å²) in [6, 6.07) is -0.373. The van der Waals surface area contributed by atoms with Gasteiger partial charge in [-0.25, -0.2) is 0 Å². The Morgan fingerprint density at radius 2 is 2.00 bits per heavy atom. The van der Waals surface area contributed by atoms with Crippen LogP contribution in [0.25, 0.3) is 0 Å². The lowest BCUT2D eigenvalue weighted by Gasteiger charge is -2.20. The predicted octanol–water partition coefficient (Wildman–Crippen LogP) is 2.27. The van der Waals surface area contributed by atoms with Gasteiger partial charge in [0.2, 0.25) is 0 Å². The van der Waals surface area contributed by atoms with Crippen LogP contribution in [-0.2, 0) is 4.79 Å². The molecule has 0 aromatic heterocycles. The van der Waals surface area contributed by atoms with E-state index in [1.807, 2.05) is 6.92 Å². The van der Waals surface area contributed by atoms with E-state index in [0.29, 0.717) is 6.42 Å². The van der Waals surface area contributed by atoms with E-state index < -0.39 is 5.97 Å². The topological polar surface area (TPSA) is 49.3 Å². The van der Waals surface area contributed by atoms with Gasteiger partial charge in [-0.05, 0) is 24.8 Å². The maximum atomic E-state index is 10.8. The lowest BCUT2D eigenvalue weighted by atomic mass is 9.92. The highest BCUT2D eigenvalue weighted by Crippen LogP contribution is 2.17. The van der Waals surface area contributed by atoms with Gasteiger partial charge in [0, 0.05) is 0 Å². The van der Waals surface area contributed by atoms with Crippen molar-refractivity contribution in [3.05, 3.63) is 0 Å². The number of aliphatic carboxylic acids is 1. The quantitative estimate of drug-likeness (QED) is 0.693. The maximum absolute atomic E-state index is 10.8. The molecule has 84 valence electrons. The van der Waals surface area contributed by atoms with E-state index in [9.17, 15) is 4.79 Å². The van der Waals surface area contributed by atoms with Crippen LogP contribution in [0.15, 0.2) is 0 Å². The summed E-state index contributed by atoms with van der Waals surface area (Å²) < 4.78 is 0. The fourth-order valence-electron chi connectivity index (χ4n) is 1.22. The Balaban J connectivity index is 3.77. The van der Waals surface area contributed by atoms with Crippen molar-refractivity contribution in [2.75, 3.05) is 6.54 Å². The summed E-state index contributed by atoms with van der Waals surface area (Å²) in [7, 11) is 0. The summed E-state index contributed by atoms with van der Waals surface area (Å²) in [5.74, 6) is -0.735. The minimum Gasteiger partial charge on any atom is -0.480 e. The first kappa shape index (κ1) is 13.4. The van der Waals surface area contributed by atoms with E-state index in [2.05, 4.69) is 26.1 Å². The molecule has 0 saturated heterocycles. The Morgan fingerprint density at radius 1 is 1.43 bits per heavy atom. The maximum Gasteiger partial charge on any atom is 0.320 e. The molecule has 0 rings (SSSR count). The molecule has 1 atom stereocenters. The van der Waals surface area contributed by atoms with Gasteiger partial charge in [-0.3, -0.25) is 4.79 Å². The van der Waals surface area contributed by atoms with Gasteiger partial charge in [-0.15, -0.1) is 0 Å². The van der Waals surface area contributed by atoms with Gasteiger partial charge in [0.05, 0.1) is 0 Å². The number of carbonyl (C=O) groups is 1. The molecule has 0 saturated carbocycles. The largest absolute Gasteiger partial charge is 0.480 e. The zero-order valence-corrected chi connectivity index (χ0v) is 9.76. The second-order valence-electron chi connectivity index (χ2n) is 4.94. The van der Waals surface area contributed by atoms with Crippen molar-refractivity contribution in [2.24, 2.45) is 5.41 Å². The highest BCUT2D eigenvalue weighted by molar-refractivity contribution is 5.73. The Hall–Kier alpha value is -0.570. The van der Waals surface area contributed by atoms with Crippen molar-refractivity contribution in [3.8, 4) is 0 Å². The molecule has 0 amide bonds. The fourth-order valence-corrected chi connectivity index (χ4v) is 1.22. The van der Waals surface area contributed by atoms with Crippen LogP contribution >= 0.6 is 0 Å². The van der Waals surface area contributed by atoms with Crippen molar-refractivity contribution < 1.29 is 9.90 Å². The molecule has 3 nitrogen and oxygen atoms in total. The van der Waals surface area contributed by atoms with Crippen LogP contribution in [-0.4, -0.2) is 23.7 Å². The van der Waals surface area contributed by atoms with Crippen LogP contribution in [0.3, 0.4) is 0 Å². The van der Waals surface area contributed by atoms with Gasteiger partial charge >= 0.3 is 5.97 Å². The number of hydrogen-bond donors (Lipinski definition) is 2. The van der Waals surface area contributed by atoms with Gasteiger partial charge in [0.25, 0.3) is 0 Å². The number of nitrogens with one attached hydrogen (secondary N) is 1. The molecule has 0 spiro atoms. The highest BCUT2D eigenvalue weighted by atomic mass is 16.4. The fraction of sp³-hybridized carbons (Fsp3) is 0.909. The molecule has 2 N–H and O–H groups in total. The Bertz CT molecular complexity index is 173. The van der Waals surface area contributed by atoms with E-state index in [1.54, 1.807) is 0 Å². The molecule has 0 aromatic carbocycles. The van der Waals surface area contributed by atoms with Crippen LogP contribution in [0.5, 0.6) is 0 Å². The monoisotopic (exact) mass is 201 g/mol. The molecule has 0 aliphatic heterocycles. The first-order chi connectivity index (χ1) is 6.37. The highest BCUT2D eigenvalue weighted by Gasteiger charge is 2.16. The third kappa shape index (κ3) is 6.89. The molecule has 1 unspecified atom stereocenters. The van der Waals surface area contributed by atoms with Crippen LogP contribution in [0.2, 0.25) is 0 Å². The van der Waals surface area contributed by atoms with Gasteiger partial charge in [0.1, 0.15) is 6.04 Å². The van der Waals surface area contributed by atoms with Gasteiger partial charge in [-0.2, -0.15) is 0 Å². The summed E-state index contributed by atoms with van der Waals surface area (Å²) >= 11 is 0. The molecular weight excluding hydrogens is 178 g/mol. The second kappa shape index (κ2) is 6.02. The summed E-state index contributed by atoms with van der Waals surface area (Å²) in [6.45, 7) is 9.25. The zero-order valence-electron chi connectivity index (χ0n) is 9.76. The minimum atomic E-state index is -0.735. The third-order valence-corrected chi connectivity index (χ3v) is 2.14. The van der Waals surface area contributed by atoms with Crippen molar-refractivity contribution in [2.45, 2.75) is 53.0 Å². The molecule has 0 heterocycles. The molecule has 14 heavy (non-hydrogen) atoms.